The Hall–Kier alpha value is -0.950. The van der Waals surface area contributed by atoms with Crippen LogP contribution in [0, 0.1) is 17.3 Å². The van der Waals surface area contributed by atoms with Gasteiger partial charge in [-0.15, -0.1) is 0 Å². The van der Waals surface area contributed by atoms with E-state index in [9.17, 15) is 9.90 Å². The van der Waals surface area contributed by atoms with Crippen LogP contribution in [0.1, 0.15) is 40.0 Å². The van der Waals surface area contributed by atoms with Crippen LogP contribution < -0.4 is 0 Å². The molecule has 0 aromatic rings. The molecule has 5 fully saturated rings. The van der Waals surface area contributed by atoms with Crippen molar-refractivity contribution in [1.29, 1.82) is 0 Å². The van der Waals surface area contributed by atoms with Gasteiger partial charge in [0, 0.05) is 11.0 Å². The van der Waals surface area contributed by atoms with E-state index in [4.69, 9.17) is 18.9 Å². The Morgan fingerprint density at radius 3 is 2.77 bits per heavy atom. The maximum Gasteiger partial charge on any atom is 0.334 e. The van der Waals surface area contributed by atoms with Gasteiger partial charge in [0.05, 0.1) is 6.10 Å². The van der Waals surface area contributed by atoms with Crippen molar-refractivity contribution in [1.82, 2.24) is 0 Å². The summed E-state index contributed by atoms with van der Waals surface area (Å²) >= 11 is 0. The summed E-state index contributed by atoms with van der Waals surface area (Å²) < 4.78 is 24.3. The molecular formula is C20H24O6. The van der Waals surface area contributed by atoms with E-state index in [1.807, 2.05) is 0 Å². The second kappa shape index (κ2) is 3.79. The van der Waals surface area contributed by atoms with Gasteiger partial charge in [-0.2, -0.15) is 0 Å². The number of carbonyl (C=O) groups excluding carboxylic acids is 1. The highest BCUT2D eigenvalue weighted by Crippen LogP contribution is 2.82. The predicted molar refractivity (Wildman–Crippen MR) is 87.1 cm³/mol. The number of cyclic esters (lactones) is 1. The number of esters is 1. The van der Waals surface area contributed by atoms with Gasteiger partial charge in [0.25, 0.3) is 0 Å². The lowest BCUT2D eigenvalue weighted by molar-refractivity contribution is -0.136. The number of aliphatic hydroxyl groups is 1. The zero-order chi connectivity index (χ0) is 17.9. The number of rotatable bonds is 1. The van der Waals surface area contributed by atoms with Crippen molar-refractivity contribution in [3.63, 3.8) is 0 Å². The first kappa shape index (κ1) is 15.0. The summed E-state index contributed by atoms with van der Waals surface area (Å²) in [6, 6.07) is 0. The van der Waals surface area contributed by atoms with Crippen LogP contribution >= 0.6 is 0 Å². The molecule has 0 bridgehead atoms. The number of hydrogen-bond donors (Lipinski definition) is 1. The summed E-state index contributed by atoms with van der Waals surface area (Å²) in [4.78, 5) is 12.1. The standard InChI is InChI=1S/C20H24O6/c1-8(2)18-13(25-18)14-20(26-14)17(3)5-4-9-10(7-23-15(9)21)11(17)6-12-19(20,24-12)16(18)22/h8,11-14,16,22H,4-7H2,1-3H3/t11-,12+,13-,14+,16+,17+,18+,19-,20-/m1/s1. The van der Waals surface area contributed by atoms with Crippen molar-refractivity contribution in [2.24, 2.45) is 17.3 Å². The molecule has 4 heterocycles. The third-order valence-electron chi connectivity index (χ3n) is 9.10. The van der Waals surface area contributed by atoms with Crippen molar-refractivity contribution in [2.45, 2.75) is 81.3 Å². The van der Waals surface area contributed by atoms with Crippen LogP contribution in [0.4, 0.5) is 0 Å². The van der Waals surface area contributed by atoms with Crippen LogP contribution in [0.2, 0.25) is 0 Å². The van der Waals surface area contributed by atoms with Gasteiger partial charge in [-0.3, -0.25) is 0 Å². The van der Waals surface area contributed by atoms with E-state index < -0.39 is 22.9 Å². The minimum Gasteiger partial charge on any atom is -0.458 e. The highest BCUT2D eigenvalue weighted by atomic mass is 16.7. The molecule has 9 atom stereocenters. The second-order valence-electron chi connectivity index (χ2n) is 9.91. The zero-order valence-electron chi connectivity index (χ0n) is 15.3. The summed E-state index contributed by atoms with van der Waals surface area (Å²) in [5.74, 6) is 0.297. The first-order valence-electron chi connectivity index (χ1n) is 9.95. The first-order chi connectivity index (χ1) is 12.3. The summed E-state index contributed by atoms with van der Waals surface area (Å²) in [6.45, 7) is 6.91. The van der Waals surface area contributed by atoms with Crippen LogP contribution in [0.25, 0.3) is 0 Å². The highest BCUT2D eigenvalue weighted by molar-refractivity contribution is 5.92. The van der Waals surface area contributed by atoms with Crippen LogP contribution in [0.15, 0.2) is 11.1 Å². The Morgan fingerprint density at radius 2 is 2.00 bits per heavy atom. The topological polar surface area (TPSA) is 84.1 Å². The van der Waals surface area contributed by atoms with Gasteiger partial charge < -0.3 is 24.1 Å². The zero-order valence-corrected chi connectivity index (χ0v) is 15.3. The molecule has 7 rings (SSSR count). The molecule has 7 aliphatic rings. The Balaban J connectivity index is 1.39. The molecule has 6 heteroatoms. The smallest absolute Gasteiger partial charge is 0.334 e. The SMILES string of the molecule is CC(C)[C@]12O[C@@H]1[C@@H]1O[C@]13[C@]1(O[C@H]1C[C@@H]1C4=C(CC[C@@]13C)C(=O)OC4)[C@H]2O. The Labute approximate surface area is 151 Å². The normalized spacial score (nSPS) is 63.1. The Morgan fingerprint density at radius 1 is 1.19 bits per heavy atom. The average Bonchev–Trinajstić information content (AvgIpc) is 3.47. The van der Waals surface area contributed by atoms with E-state index in [1.54, 1.807) is 0 Å². The molecule has 0 amide bonds. The van der Waals surface area contributed by atoms with Crippen molar-refractivity contribution in [2.75, 3.05) is 6.61 Å². The lowest BCUT2D eigenvalue weighted by atomic mass is 9.46. The Bertz CT molecular complexity index is 819. The van der Waals surface area contributed by atoms with E-state index in [0.717, 1.165) is 30.4 Å². The summed E-state index contributed by atoms with van der Waals surface area (Å²) in [5.41, 5.74) is 0.230. The number of fused-ring (bicyclic) bond motifs is 4. The molecular weight excluding hydrogens is 336 g/mol. The average molecular weight is 360 g/mol. The van der Waals surface area contributed by atoms with E-state index in [2.05, 4.69) is 20.8 Å². The van der Waals surface area contributed by atoms with Crippen LogP contribution in [-0.2, 0) is 23.7 Å². The number of aliphatic hydroxyl groups excluding tert-OH is 1. The lowest BCUT2D eigenvalue weighted by Gasteiger charge is -2.53. The fraction of sp³-hybridized carbons (Fsp3) is 0.850. The molecule has 2 spiro atoms. The third-order valence-corrected chi connectivity index (χ3v) is 9.10. The van der Waals surface area contributed by atoms with Crippen LogP contribution in [0.3, 0.4) is 0 Å². The minimum atomic E-state index is -0.654. The van der Waals surface area contributed by atoms with Gasteiger partial charge in [-0.25, -0.2) is 4.79 Å². The summed E-state index contributed by atoms with van der Waals surface area (Å²) in [7, 11) is 0. The molecule has 140 valence electrons. The van der Waals surface area contributed by atoms with Crippen molar-refractivity contribution < 1.29 is 28.8 Å². The fourth-order valence-corrected chi connectivity index (χ4v) is 7.70. The predicted octanol–water partition coefficient (Wildman–Crippen LogP) is 1.10. The quantitative estimate of drug-likeness (QED) is 0.557. The monoisotopic (exact) mass is 360 g/mol. The van der Waals surface area contributed by atoms with E-state index in [1.165, 1.54) is 0 Å². The van der Waals surface area contributed by atoms with Crippen LogP contribution in [-0.4, -0.2) is 58.9 Å². The first-order valence-corrected chi connectivity index (χ1v) is 9.95. The van der Waals surface area contributed by atoms with Gasteiger partial charge in [0.2, 0.25) is 0 Å². The van der Waals surface area contributed by atoms with Gasteiger partial charge >= 0.3 is 5.97 Å². The molecule has 0 aromatic carbocycles. The van der Waals surface area contributed by atoms with Crippen molar-refractivity contribution >= 4 is 5.97 Å². The molecule has 26 heavy (non-hydrogen) atoms. The fourth-order valence-electron chi connectivity index (χ4n) is 7.70. The third kappa shape index (κ3) is 1.14. The number of ether oxygens (including phenoxy) is 4. The Kier molecular flexibility index (Phi) is 2.19. The summed E-state index contributed by atoms with van der Waals surface area (Å²) in [6.07, 6.45) is 1.71. The van der Waals surface area contributed by atoms with E-state index in [-0.39, 0.29) is 41.5 Å². The number of hydrogen-bond acceptors (Lipinski definition) is 6. The molecule has 0 aromatic heterocycles. The van der Waals surface area contributed by atoms with Gasteiger partial charge in [0.15, 0.2) is 5.60 Å². The maximum absolute atomic E-state index is 12.1. The summed E-state index contributed by atoms with van der Waals surface area (Å²) in [5, 5.41) is 11.4. The maximum atomic E-state index is 12.1. The molecule has 1 N–H and O–H groups in total. The number of carbonyl (C=O) groups is 1. The van der Waals surface area contributed by atoms with Crippen molar-refractivity contribution in [3.05, 3.63) is 11.1 Å². The lowest BCUT2D eigenvalue weighted by Crippen LogP contribution is -2.69. The van der Waals surface area contributed by atoms with Gasteiger partial charge in [-0.1, -0.05) is 20.8 Å². The van der Waals surface area contributed by atoms with E-state index >= 15 is 0 Å². The van der Waals surface area contributed by atoms with E-state index in [0.29, 0.717) is 6.61 Å². The molecule has 2 saturated carbocycles. The minimum absolute atomic E-state index is 0.00808. The van der Waals surface area contributed by atoms with Crippen LogP contribution in [0.5, 0.6) is 0 Å². The largest absolute Gasteiger partial charge is 0.458 e. The molecule has 0 unspecified atom stereocenters. The molecule has 6 nitrogen and oxygen atoms in total. The van der Waals surface area contributed by atoms with Gasteiger partial charge in [0.1, 0.15) is 36.1 Å². The molecule has 3 aliphatic carbocycles. The molecule has 3 saturated heterocycles. The second-order valence-corrected chi connectivity index (χ2v) is 9.91. The highest BCUT2D eigenvalue weighted by Gasteiger charge is 3.00. The molecule has 4 aliphatic heterocycles. The van der Waals surface area contributed by atoms with Crippen molar-refractivity contribution in [3.8, 4) is 0 Å². The number of epoxide rings is 3. The molecule has 0 radical (unpaired) electrons. The van der Waals surface area contributed by atoms with Gasteiger partial charge in [-0.05, 0) is 36.7 Å².